The molecular weight excluding hydrogens is 186 g/mol. The van der Waals surface area contributed by atoms with Crippen molar-refractivity contribution in [3.63, 3.8) is 0 Å². The molecule has 1 atom stereocenters. The highest BCUT2D eigenvalue weighted by molar-refractivity contribution is 7.91. The second-order valence-electron chi connectivity index (χ2n) is 4.33. The molecule has 0 N–H and O–H groups in total. The van der Waals surface area contributed by atoms with Crippen molar-refractivity contribution in [2.75, 3.05) is 11.5 Å². The summed E-state index contributed by atoms with van der Waals surface area (Å²) in [5, 5.41) is 8.98. The Bertz CT molecular complexity index is 326. The Morgan fingerprint density at radius 3 is 2.46 bits per heavy atom. The van der Waals surface area contributed by atoms with E-state index in [4.69, 9.17) is 5.26 Å². The zero-order valence-corrected chi connectivity index (χ0v) is 8.89. The minimum Gasteiger partial charge on any atom is -0.229 e. The van der Waals surface area contributed by atoms with E-state index in [1.165, 1.54) is 0 Å². The molecule has 0 saturated carbocycles. The van der Waals surface area contributed by atoms with E-state index in [2.05, 4.69) is 6.07 Å². The summed E-state index contributed by atoms with van der Waals surface area (Å²) in [6, 6.07) is 2.19. The minimum absolute atomic E-state index is 0.0642. The van der Waals surface area contributed by atoms with Crippen molar-refractivity contribution in [1.29, 1.82) is 5.26 Å². The van der Waals surface area contributed by atoms with Crippen LogP contribution in [0.5, 0.6) is 0 Å². The van der Waals surface area contributed by atoms with Gasteiger partial charge in [-0.2, -0.15) is 5.26 Å². The second kappa shape index (κ2) is 3.30. The maximum Gasteiger partial charge on any atom is 0.151 e. The summed E-state index contributed by atoms with van der Waals surface area (Å²) in [7, 11) is -2.93. The number of hydrogen-bond donors (Lipinski definition) is 0. The molecule has 1 saturated heterocycles. The van der Waals surface area contributed by atoms with Crippen LogP contribution in [0.3, 0.4) is 0 Å². The van der Waals surface area contributed by atoms with E-state index in [0.29, 0.717) is 18.8 Å². The lowest BCUT2D eigenvalue weighted by Crippen LogP contribution is -2.22. The molecule has 1 unspecified atom stereocenters. The lowest BCUT2D eigenvalue weighted by atomic mass is 9.81. The molecule has 13 heavy (non-hydrogen) atoms. The third kappa shape index (κ3) is 2.44. The van der Waals surface area contributed by atoms with Gasteiger partial charge in [-0.25, -0.2) is 8.42 Å². The van der Waals surface area contributed by atoms with E-state index in [-0.39, 0.29) is 11.5 Å². The van der Waals surface area contributed by atoms with E-state index in [1.54, 1.807) is 0 Å². The first-order valence-electron chi connectivity index (χ1n) is 4.51. The van der Waals surface area contributed by atoms with E-state index in [1.807, 2.05) is 13.8 Å². The first kappa shape index (κ1) is 10.5. The highest BCUT2D eigenvalue weighted by Crippen LogP contribution is 2.37. The predicted molar refractivity (Wildman–Crippen MR) is 50.8 cm³/mol. The summed E-state index contributed by atoms with van der Waals surface area (Å²) >= 11 is 0. The monoisotopic (exact) mass is 201 g/mol. The van der Waals surface area contributed by atoms with Crippen LogP contribution in [0.25, 0.3) is 0 Å². The van der Waals surface area contributed by atoms with Crippen LogP contribution in [0.15, 0.2) is 0 Å². The Labute approximate surface area is 79.7 Å². The van der Waals surface area contributed by atoms with Gasteiger partial charge in [0.25, 0.3) is 0 Å². The van der Waals surface area contributed by atoms with Gasteiger partial charge in [-0.15, -0.1) is 0 Å². The van der Waals surface area contributed by atoms with Crippen molar-refractivity contribution in [2.45, 2.75) is 26.7 Å². The molecule has 0 aromatic carbocycles. The standard InChI is InChI=1S/C9H15NO2S/c1-8(2)5-9(6-10)3-4-13(11,12)7-9/h8H,3-5,7H2,1-2H3. The fraction of sp³-hybridized carbons (Fsp3) is 0.889. The molecule has 1 heterocycles. The molecule has 1 aliphatic heterocycles. The molecule has 0 aromatic rings. The highest BCUT2D eigenvalue weighted by Gasteiger charge is 2.42. The quantitative estimate of drug-likeness (QED) is 0.677. The summed E-state index contributed by atoms with van der Waals surface area (Å²) in [4.78, 5) is 0. The first-order chi connectivity index (χ1) is 5.89. The first-order valence-corrected chi connectivity index (χ1v) is 6.33. The van der Waals surface area contributed by atoms with E-state index < -0.39 is 15.3 Å². The Balaban J connectivity index is 2.82. The second-order valence-corrected chi connectivity index (χ2v) is 6.52. The summed E-state index contributed by atoms with van der Waals surface area (Å²) in [5.74, 6) is 0.634. The van der Waals surface area contributed by atoms with Gasteiger partial charge < -0.3 is 0 Å². The summed E-state index contributed by atoms with van der Waals surface area (Å²) < 4.78 is 22.5. The topological polar surface area (TPSA) is 57.9 Å². The zero-order valence-electron chi connectivity index (χ0n) is 8.08. The van der Waals surface area contributed by atoms with E-state index in [0.717, 1.165) is 0 Å². The van der Waals surface area contributed by atoms with Gasteiger partial charge in [0.1, 0.15) is 0 Å². The Kier molecular flexibility index (Phi) is 2.67. The van der Waals surface area contributed by atoms with Gasteiger partial charge in [0.15, 0.2) is 9.84 Å². The molecule has 1 fully saturated rings. The van der Waals surface area contributed by atoms with Crippen molar-refractivity contribution >= 4 is 9.84 Å². The minimum atomic E-state index is -2.93. The fourth-order valence-electron chi connectivity index (χ4n) is 1.99. The number of rotatable bonds is 2. The van der Waals surface area contributed by atoms with Gasteiger partial charge >= 0.3 is 0 Å². The molecule has 0 aliphatic carbocycles. The Morgan fingerprint density at radius 2 is 2.15 bits per heavy atom. The Morgan fingerprint density at radius 1 is 1.54 bits per heavy atom. The Hall–Kier alpha value is -0.560. The summed E-state index contributed by atoms with van der Waals surface area (Å²) in [6.45, 7) is 4.04. The van der Waals surface area contributed by atoms with Crippen LogP contribution in [-0.4, -0.2) is 19.9 Å². The molecule has 0 spiro atoms. The average molecular weight is 201 g/mol. The van der Waals surface area contributed by atoms with Crippen LogP contribution >= 0.6 is 0 Å². The van der Waals surface area contributed by atoms with Gasteiger partial charge in [0, 0.05) is 0 Å². The van der Waals surface area contributed by atoms with Crippen molar-refractivity contribution in [3.8, 4) is 6.07 Å². The largest absolute Gasteiger partial charge is 0.229 e. The van der Waals surface area contributed by atoms with Gasteiger partial charge in [-0.05, 0) is 18.8 Å². The maximum atomic E-state index is 11.2. The molecule has 0 radical (unpaired) electrons. The molecule has 0 aromatic heterocycles. The lowest BCUT2D eigenvalue weighted by molar-refractivity contribution is 0.352. The smallest absolute Gasteiger partial charge is 0.151 e. The number of nitrogens with zero attached hydrogens (tertiary/aromatic N) is 1. The third-order valence-electron chi connectivity index (χ3n) is 2.42. The molecule has 4 heteroatoms. The summed E-state index contributed by atoms with van der Waals surface area (Å²) in [5.41, 5.74) is -0.590. The number of hydrogen-bond acceptors (Lipinski definition) is 3. The zero-order chi connectivity index (χ0) is 10.1. The summed E-state index contributed by atoms with van der Waals surface area (Å²) in [6.07, 6.45) is 1.22. The predicted octanol–water partition coefficient (Wildman–Crippen LogP) is 1.36. The molecule has 0 bridgehead atoms. The molecule has 0 amide bonds. The SMILES string of the molecule is CC(C)CC1(C#N)CCS(=O)(=O)C1. The highest BCUT2D eigenvalue weighted by atomic mass is 32.2. The average Bonchev–Trinajstić information content (AvgIpc) is 2.26. The van der Waals surface area contributed by atoms with E-state index in [9.17, 15) is 8.42 Å². The van der Waals surface area contributed by atoms with Gasteiger partial charge in [-0.3, -0.25) is 0 Å². The van der Waals surface area contributed by atoms with Crippen LogP contribution in [0.4, 0.5) is 0 Å². The van der Waals surface area contributed by atoms with Crippen molar-refractivity contribution in [1.82, 2.24) is 0 Å². The van der Waals surface area contributed by atoms with Crippen LogP contribution in [0.1, 0.15) is 26.7 Å². The third-order valence-corrected chi connectivity index (χ3v) is 4.24. The van der Waals surface area contributed by atoms with Crippen LogP contribution in [-0.2, 0) is 9.84 Å². The number of sulfone groups is 1. The maximum absolute atomic E-state index is 11.2. The van der Waals surface area contributed by atoms with Gasteiger partial charge in [0.2, 0.25) is 0 Å². The van der Waals surface area contributed by atoms with Crippen molar-refractivity contribution < 1.29 is 8.42 Å². The molecule has 1 rings (SSSR count). The van der Waals surface area contributed by atoms with Crippen LogP contribution < -0.4 is 0 Å². The van der Waals surface area contributed by atoms with Gasteiger partial charge in [-0.1, -0.05) is 13.8 Å². The van der Waals surface area contributed by atoms with Crippen LogP contribution in [0, 0.1) is 22.7 Å². The van der Waals surface area contributed by atoms with Crippen molar-refractivity contribution in [3.05, 3.63) is 0 Å². The van der Waals surface area contributed by atoms with Crippen molar-refractivity contribution in [2.24, 2.45) is 11.3 Å². The molecular formula is C9H15NO2S. The fourth-order valence-corrected chi connectivity index (χ4v) is 4.01. The normalized spacial score (nSPS) is 31.8. The molecule has 1 aliphatic rings. The lowest BCUT2D eigenvalue weighted by Gasteiger charge is -2.20. The molecule has 3 nitrogen and oxygen atoms in total. The number of nitriles is 1. The molecule has 74 valence electrons. The van der Waals surface area contributed by atoms with Crippen LogP contribution in [0.2, 0.25) is 0 Å². The van der Waals surface area contributed by atoms with E-state index >= 15 is 0 Å². The van der Waals surface area contributed by atoms with Gasteiger partial charge in [0.05, 0.1) is 23.0 Å².